The zero-order chi connectivity index (χ0) is 22.9. The molecule has 2 N–H and O–H groups in total. The van der Waals surface area contributed by atoms with Gasteiger partial charge >= 0.3 is 0 Å². The van der Waals surface area contributed by atoms with Crippen LogP contribution >= 0.6 is 0 Å². The lowest BCUT2D eigenvalue weighted by Gasteiger charge is -2.29. The van der Waals surface area contributed by atoms with Gasteiger partial charge in [-0.25, -0.2) is 9.37 Å². The Hall–Kier alpha value is -2.55. The minimum Gasteiger partial charge on any atom is -0.393 e. The van der Waals surface area contributed by atoms with E-state index in [1.165, 1.54) is 0 Å². The molecule has 2 aliphatic heterocycles. The zero-order valence-corrected chi connectivity index (χ0v) is 19.5. The minimum atomic E-state index is -0.190. The third kappa shape index (κ3) is 4.74. The number of rotatable bonds is 5. The van der Waals surface area contributed by atoms with Crippen LogP contribution in [0.1, 0.15) is 35.4 Å². The molecule has 0 unspecified atom stereocenters. The highest BCUT2D eigenvalue weighted by Crippen LogP contribution is 2.28. The highest BCUT2D eigenvalue weighted by molar-refractivity contribution is 5.81. The van der Waals surface area contributed by atoms with Gasteiger partial charge in [0.2, 0.25) is 5.95 Å². The standard InChI is InChI=1S/C25H33FN6O/c1-17-13-19(3-4-21(17)26)15-32-23-14-18(2)28-22(16-30-9-5-20(33)6-10-30)24(23)29-25(32)31-11-7-27-8-12-31/h3-4,13-14,20,27,33H,5-12,15-16H2,1-2H3. The first-order valence-corrected chi connectivity index (χ1v) is 12.0. The summed E-state index contributed by atoms with van der Waals surface area (Å²) >= 11 is 0. The van der Waals surface area contributed by atoms with Crippen LogP contribution in [0.5, 0.6) is 0 Å². The number of piperidine rings is 1. The summed E-state index contributed by atoms with van der Waals surface area (Å²) in [5.41, 5.74) is 5.70. The number of aliphatic hydroxyl groups excluding tert-OH is 1. The number of pyridine rings is 1. The molecule has 33 heavy (non-hydrogen) atoms. The number of aliphatic hydroxyl groups is 1. The number of likely N-dealkylation sites (tertiary alicyclic amines) is 1. The first-order valence-electron chi connectivity index (χ1n) is 12.0. The summed E-state index contributed by atoms with van der Waals surface area (Å²) in [5.74, 6) is 0.779. The van der Waals surface area contributed by atoms with Crippen molar-refractivity contribution in [2.75, 3.05) is 44.2 Å². The summed E-state index contributed by atoms with van der Waals surface area (Å²) < 4.78 is 16.2. The van der Waals surface area contributed by atoms with Crippen molar-refractivity contribution in [3.8, 4) is 0 Å². The van der Waals surface area contributed by atoms with Crippen LogP contribution < -0.4 is 10.2 Å². The summed E-state index contributed by atoms with van der Waals surface area (Å²) in [7, 11) is 0. The zero-order valence-electron chi connectivity index (χ0n) is 19.5. The maximum absolute atomic E-state index is 13.9. The molecule has 0 saturated carbocycles. The summed E-state index contributed by atoms with van der Waals surface area (Å²) in [6, 6.07) is 7.46. The fourth-order valence-electron chi connectivity index (χ4n) is 4.96. The molecule has 2 saturated heterocycles. The molecule has 3 aromatic rings. The van der Waals surface area contributed by atoms with Crippen molar-refractivity contribution in [3.63, 3.8) is 0 Å². The molecule has 176 valence electrons. The van der Waals surface area contributed by atoms with Crippen LogP contribution in [-0.2, 0) is 13.1 Å². The quantitative estimate of drug-likeness (QED) is 0.620. The molecule has 1 aromatic carbocycles. The van der Waals surface area contributed by atoms with E-state index in [2.05, 4.69) is 25.8 Å². The van der Waals surface area contributed by atoms with E-state index in [9.17, 15) is 9.50 Å². The number of piperazine rings is 1. The number of hydrogen-bond donors (Lipinski definition) is 2. The van der Waals surface area contributed by atoms with E-state index in [0.29, 0.717) is 12.1 Å². The van der Waals surface area contributed by atoms with Crippen LogP contribution in [0.25, 0.3) is 11.0 Å². The molecule has 5 rings (SSSR count). The fraction of sp³-hybridized carbons (Fsp3) is 0.520. The number of imidazole rings is 1. The predicted molar refractivity (Wildman–Crippen MR) is 128 cm³/mol. The maximum atomic E-state index is 13.9. The molecule has 0 aliphatic carbocycles. The van der Waals surface area contributed by atoms with Crippen LogP contribution in [0.2, 0.25) is 0 Å². The highest BCUT2D eigenvalue weighted by atomic mass is 19.1. The van der Waals surface area contributed by atoms with E-state index < -0.39 is 0 Å². The van der Waals surface area contributed by atoms with E-state index in [0.717, 1.165) is 92.6 Å². The van der Waals surface area contributed by atoms with Crippen molar-refractivity contribution < 1.29 is 9.50 Å². The largest absolute Gasteiger partial charge is 0.393 e. The Morgan fingerprint density at radius 3 is 2.52 bits per heavy atom. The SMILES string of the molecule is Cc1cc2c(nc(N3CCNCC3)n2Cc2ccc(F)c(C)c2)c(CN2CCC(O)CC2)n1. The Labute approximate surface area is 194 Å². The van der Waals surface area contributed by atoms with Crippen molar-refractivity contribution in [1.29, 1.82) is 0 Å². The molecule has 0 bridgehead atoms. The van der Waals surface area contributed by atoms with Crippen LogP contribution in [0.15, 0.2) is 24.3 Å². The molecule has 2 fully saturated rings. The Morgan fingerprint density at radius 2 is 1.79 bits per heavy atom. The van der Waals surface area contributed by atoms with Gasteiger partial charge < -0.3 is 19.9 Å². The van der Waals surface area contributed by atoms with Gasteiger partial charge in [-0.15, -0.1) is 0 Å². The third-order valence-corrected chi connectivity index (χ3v) is 6.81. The van der Waals surface area contributed by atoms with Crippen LogP contribution in [0, 0.1) is 19.7 Å². The predicted octanol–water partition coefficient (Wildman–Crippen LogP) is 2.60. The summed E-state index contributed by atoms with van der Waals surface area (Å²) in [6.45, 7) is 10.6. The average Bonchev–Trinajstić information content (AvgIpc) is 3.17. The lowest BCUT2D eigenvalue weighted by molar-refractivity contribution is 0.0788. The molecule has 0 atom stereocenters. The molecule has 2 aliphatic rings. The molecular weight excluding hydrogens is 419 g/mol. The first-order chi connectivity index (χ1) is 16.0. The van der Waals surface area contributed by atoms with Gasteiger partial charge in [0.1, 0.15) is 11.3 Å². The monoisotopic (exact) mass is 452 g/mol. The number of benzene rings is 1. The Morgan fingerprint density at radius 1 is 1.03 bits per heavy atom. The molecular formula is C25H33FN6O. The summed E-state index contributed by atoms with van der Waals surface area (Å²) in [6.07, 6.45) is 1.42. The Kier molecular flexibility index (Phi) is 6.32. The number of anilines is 1. The maximum Gasteiger partial charge on any atom is 0.207 e. The minimum absolute atomic E-state index is 0.175. The van der Waals surface area contributed by atoms with Gasteiger partial charge in [-0.2, -0.15) is 0 Å². The van der Waals surface area contributed by atoms with Crippen molar-refractivity contribution >= 4 is 17.0 Å². The average molecular weight is 453 g/mol. The molecule has 4 heterocycles. The first kappa shape index (κ1) is 22.3. The summed E-state index contributed by atoms with van der Waals surface area (Å²) in [4.78, 5) is 14.7. The number of aromatic nitrogens is 3. The second-order valence-electron chi connectivity index (χ2n) is 9.40. The van der Waals surface area contributed by atoms with Gasteiger partial charge in [0.15, 0.2) is 0 Å². The van der Waals surface area contributed by atoms with E-state index in [1.807, 2.05) is 26.0 Å². The highest BCUT2D eigenvalue weighted by Gasteiger charge is 2.24. The number of hydrogen-bond acceptors (Lipinski definition) is 6. The van der Waals surface area contributed by atoms with Gasteiger partial charge in [-0.3, -0.25) is 9.88 Å². The van der Waals surface area contributed by atoms with Gasteiger partial charge in [-0.1, -0.05) is 12.1 Å². The molecule has 2 aromatic heterocycles. The molecule has 0 radical (unpaired) electrons. The van der Waals surface area contributed by atoms with E-state index in [4.69, 9.17) is 9.97 Å². The smallest absolute Gasteiger partial charge is 0.207 e. The van der Waals surface area contributed by atoms with Crippen molar-refractivity contribution in [2.45, 2.75) is 45.9 Å². The second kappa shape index (κ2) is 9.37. The summed E-state index contributed by atoms with van der Waals surface area (Å²) in [5, 5.41) is 13.3. The molecule has 7 nitrogen and oxygen atoms in total. The number of fused-ring (bicyclic) bond motifs is 1. The van der Waals surface area contributed by atoms with Crippen LogP contribution in [0.3, 0.4) is 0 Å². The van der Waals surface area contributed by atoms with Crippen LogP contribution in [0.4, 0.5) is 10.3 Å². The Bertz CT molecular complexity index is 1130. The number of halogens is 1. The normalized spacial score (nSPS) is 18.4. The van der Waals surface area contributed by atoms with Gasteiger partial charge in [0.05, 0.1) is 23.9 Å². The number of nitrogens with one attached hydrogen (secondary N) is 1. The van der Waals surface area contributed by atoms with Crippen molar-refractivity contribution in [3.05, 3.63) is 52.6 Å². The number of aryl methyl sites for hydroxylation is 2. The molecule has 0 spiro atoms. The number of nitrogens with zero attached hydrogens (tertiary/aromatic N) is 5. The van der Waals surface area contributed by atoms with E-state index >= 15 is 0 Å². The molecule has 0 amide bonds. The Balaban J connectivity index is 1.56. The van der Waals surface area contributed by atoms with Gasteiger partial charge in [0, 0.05) is 51.5 Å². The van der Waals surface area contributed by atoms with Crippen molar-refractivity contribution in [2.24, 2.45) is 0 Å². The van der Waals surface area contributed by atoms with E-state index in [-0.39, 0.29) is 11.9 Å². The van der Waals surface area contributed by atoms with E-state index in [1.54, 1.807) is 6.07 Å². The lowest BCUT2D eigenvalue weighted by atomic mass is 10.1. The van der Waals surface area contributed by atoms with Crippen LogP contribution in [-0.4, -0.2) is 69.9 Å². The topological polar surface area (TPSA) is 69.5 Å². The van der Waals surface area contributed by atoms with Crippen molar-refractivity contribution in [1.82, 2.24) is 24.8 Å². The molecule has 8 heteroatoms. The second-order valence-corrected chi connectivity index (χ2v) is 9.40. The fourth-order valence-corrected chi connectivity index (χ4v) is 4.96. The van der Waals surface area contributed by atoms with Gasteiger partial charge in [0.25, 0.3) is 0 Å². The lowest BCUT2D eigenvalue weighted by Crippen LogP contribution is -2.44. The third-order valence-electron chi connectivity index (χ3n) is 6.81. The van der Waals surface area contributed by atoms with Gasteiger partial charge in [-0.05, 0) is 49.9 Å².